The van der Waals surface area contributed by atoms with Crippen LogP contribution in [0.5, 0.6) is 11.5 Å². The molecule has 0 radical (unpaired) electrons. The van der Waals surface area contributed by atoms with Crippen LogP contribution in [0, 0.1) is 5.82 Å². The van der Waals surface area contributed by atoms with E-state index in [4.69, 9.17) is 4.74 Å². The van der Waals surface area contributed by atoms with E-state index in [-0.39, 0.29) is 17.1 Å². The fourth-order valence-corrected chi connectivity index (χ4v) is 2.11. The van der Waals surface area contributed by atoms with Crippen molar-refractivity contribution in [2.24, 2.45) is 0 Å². The zero-order chi connectivity index (χ0) is 16.5. The van der Waals surface area contributed by atoms with Gasteiger partial charge in [0.2, 0.25) is 0 Å². The second-order valence-corrected chi connectivity index (χ2v) is 6.01. The van der Waals surface area contributed by atoms with Gasteiger partial charge in [-0.3, -0.25) is 0 Å². The molecule has 0 amide bonds. The van der Waals surface area contributed by atoms with Gasteiger partial charge in [0, 0.05) is 0 Å². The van der Waals surface area contributed by atoms with Crippen LogP contribution in [-0.2, 0) is 11.6 Å². The third kappa shape index (κ3) is 3.78. The van der Waals surface area contributed by atoms with Crippen LogP contribution >= 0.6 is 0 Å². The number of alkyl halides is 3. The molecule has 0 heterocycles. The van der Waals surface area contributed by atoms with E-state index in [9.17, 15) is 17.6 Å². The lowest BCUT2D eigenvalue weighted by Gasteiger charge is -2.24. The standard InChI is InChI=1S/C17H16F4O/c1-16(2,3)14-9-8-13(10-15(14)17(19,20)21)22-12-6-4-11(18)5-7-12/h4-10H,1-3H3. The molecule has 22 heavy (non-hydrogen) atoms. The molecule has 2 aromatic carbocycles. The van der Waals surface area contributed by atoms with E-state index in [1.54, 1.807) is 20.8 Å². The van der Waals surface area contributed by atoms with Gasteiger partial charge < -0.3 is 4.74 Å². The molecule has 2 aromatic rings. The summed E-state index contributed by atoms with van der Waals surface area (Å²) in [5.74, 6) is -0.101. The number of hydrogen-bond donors (Lipinski definition) is 0. The minimum absolute atomic E-state index is 0.0620. The average molecular weight is 312 g/mol. The van der Waals surface area contributed by atoms with Gasteiger partial charge in [0.15, 0.2) is 0 Å². The highest BCUT2D eigenvalue weighted by Gasteiger charge is 2.36. The summed E-state index contributed by atoms with van der Waals surface area (Å²) in [6.45, 7) is 5.16. The van der Waals surface area contributed by atoms with Gasteiger partial charge in [-0.25, -0.2) is 4.39 Å². The molecule has 0 unspecified atom stereocenters. The summed E-state index contributed by atoms with van der Waals surface area (Å²) in [7, 11) is 0. The Balaban J connectivity index is 2.41. The fourth-order valence-electron chi connectivity index (χ4n) is 2.11. The normalized spacial score (nSPS) is 12.3. The molecule has 118 valence electrons. The summed E-state index contributed by atoms with van der Waals surface area (Å²) < 4.78 is 57.9. The topological polar surface area (TPSA) is 9.23 Å². The van der Waals surface area contributed by atoms with Crippen LogP contribution in [-0.4, -0.2) is 0 Å². The Kier molecular flexibility index (Phi) is 4.18. The largest absolute Gasteiger partial charge is 0.457 e. The van der Waals surface area contributed by atoms with Crippen molar-refractivity contribution in [3.63, 3.8) is 0 Å². The Labute approximate surface area is 126 Å². The van der Waals surface area contributed by atoms with Crippen molar-refractivity contribution in [3.05, 3.63) is 59.4 Å². The van der Waals surface area contributed by atoms with Gasteiger partial charge in [-0.15, -0.1) is 0 Å². The molecule has 2 rings (SSSR count). The molecule has 0 bridgehead atoms. The fraction of sp³-hybridized carbons (Fsp3) is 0.294. The first-order valence-corrected chi connectivity index (χ1v) is 6.72. The van der Waals surface area contributed by atoms with E-state index >= 15 is 0 Å². The van der Waals surface area contributed by atoms with Crippen LogP contribution in [0.2, 0.25) is 0 Å². The average Bonchev–Trinajstić information content (AvgIpc) is 2.39. The van der Waals surface area contributed by atoms with Crippen molar-refractivity contribution < 1.29 is 22.3 Å². The summed E-state index contributed by atoms with van der Waals surface area (Å²) in [4.78, 5) is 0. The highest BCUT2D eigenvalue weighted by Crippen LogP contribution is 2.40. The SMILES string of the molecule is CC(C)(C)c1ccc(Oc2ccc(F)cc2)cc1C(F)(F)F. The smallest absolute Gasteiger partial charge is 0.416 e. The van der Waals surface area contributed by atoms with Crippen LogP contribution < -0.4 is 4.74 Å². The lowest BCUT2D eigenvalue weighted by Crippen LogP contribution is -2.19. The molecule has 5 heteroatoms. The molecule has 0 saturated heterocycles. The molecular formula is C17H16F4O. The van der Waals surface area contributed by atoms with Gasteiger partial charge >= 0.3 is 6.18 Å². The summed E-state index contributed by atoms with van der Waals surface area (Å²) in [6.07, 6.45) is -4.47. The first-order valence-electron chi connectivity index (χ1n) is 6.72. The molecule has 1 nitrogen and oxygen atoms in total. The predicted octanol–water partition coefficient (Wildman–Crippen LogP) is 5.93. The van der Waals surface area contributed by atoms with Crippen molar-refractivity contribution in [1.82, 2.24) is 0 Å². The summed E-state index contributed by atoms with van der Waals surface area (Å²) >= 11 is 0. The summed E-state index contributed by atoms with van der Waals surface area (Å²) in [5, 5.41) is 0. The van der Waals surface area contributed by atoms with E-state index in [0.29, 0.717) is 0 Å². The molecule has 0 fully saturated rings. The van der Waals surface area contributed by atoms with Crippen molar-refractivity contribution in [2.75, 3.05) is 0 Å². The predicted molar refractivity (Wildman–Crippen MR) is 76.6 cm³/mol. The first kappa shape index (κ1) is 16.3. The van der Waals surface area contributed by atoms with Crippen LogP contribution in [0.4, 0.5) is 17.6 Å². The molecule has 0 spiro atoms. The van der Waals surface area contributed by atoms with Crippen molar-refractivity contribution in [1.29, 1.82) is 0 Å². The minimum Gasteiger partial charge on any atom is -0.457 e. The molecule has 0 saturated carbocycles. The maximum absolute atomic E-state index is 13.2. The molecule has 0 N–H and O–H groups in total. The Morgan fingerprint density at radius 1 is 0.773 bits per heavy atom. The lowest BCUT2D eigenvalue weighted by atomic mass is 9.83. The van der Waals surface area contributed by atoms with Crippen LogP contribution in [0.15, 0.2) is 42.5 Å². The monoisotopic (exact) mass is 312 g/mol. The van der Waals surface area contributed by atoms with E-state index < -0.39 is 23.0 Å². The Hall–Kier alpha value is -2.04. The number of halogens is 4. The third-order valence-corrected chi connectivity index (χ3v) is 3.15. The highest BCUT2D eigenvalue weighted by atomic mass is 19.4. The third-order valence-electron chi connectivity index (χ3n) is 3.15. The number of rotatable bonds is 2. The van der Waals surface area contributed by atoms with Crippen LogP contribution in [0.25, 0.3) is 0 Å². The molecule has 0 aromatic heterocycles. The number of hydrogen-bond acceptors (Lipinski definition) is 1. The Bertz CT molecular complexity index is 652. The van der Waals surface area contributed by atoms with E-state index in [1.165, 1.54) is 36.4 Å². The molecule has 0 aliphatic heterocycles. The number of ether oxygens (including phenoxy) is 1. The van der Waals surface area contributed by atoms with Gasteiger partial charge in [-0.05, 0) is 47.4 Å². The van der Waals surface area contributed by atoms with Gasteiger partial charge in [0.25, 0.3) is 0 Å². The molecule has 0 atom stereocenters. The quantitative estimate of drug-likeness (QED) is 0.624. The highest BCUT2D eigenvalue weighted by molar-refractivity contribution is 5.42. The van der Waals surface area contributed by atoms with E-state index in [0.717, 1.165) is 6.07 Å². The Morgan fingerprint density at radius 2 is 1.32 bits per heavy atom. The zero-order valence-electron chi connectivity index (χ0n) is 12.5. The van der Waals surface area contributed by atoms with E-state index in [1.807, 2.05) is 0 Å². The van der Waals surface area contributed by atoms with Crippen LogP contribution in [0.3, 0.4) is 0 Å². The summed E-state index contributed by atoms with van der Waals surface area (Å²) in [5.41, 5.74) is -1.16. The second kappa shape index (κ2) is 5.63. The number of benzene rings is 2. The lowest BCUT2D eigenvalue weighted by molar-refractivity contribution is -0.138. The van der Waals surface area contributed by atoms with E-state index in [2.05, 4.69) is 0 Å². The minimum atomic E-state index is -4.47. The molecule has 0 aliphatic rings. The van der Waals surface area contributed by atoms with Crippen molar-refractivity contribution in [3.8, 4) is 11.5 Å². The first-order chi connectivity index (χ1) is 10.1. The van der Waals surface area contributed by atoms with Crippen molar-refractivity contribution >= 4 is 0 Å². The second-order valence-electron chi connectivity index (χ2n) is 6.01. The van der Waals surface area contributed by atoms with Gasteiger partial charge in [-0.1, -0.05) is 26.8 Å². The van der Waals surface area contributed by atoms with Gasteiger partial charge in [-0.2, -0.15) is 13.2 Å². The van der Waals surface area contributed by atoms with Crippen LogP contribution in [0.1, 0.15) is 31.9 Å². The van der Waals surface area contributed by atoms with Gasteiger partial charge in [0.05, 0.1) is 5.56 Å². The van der Waals surface area contributed by atoms with Gasteiger partial charge in [0.1, 0.15) is 17.3 Å². The zero-order valence-corrected chi connectivity index (χ0v) is 12.5. The maximum atomic E-state index is 13.2. The molecule has 0 aliphatic carbocycles. The molecular weight excluding hydrogens is 296 g/mol. The Morgan fingerprint density at radius 3 is 1.82 bits per heavy atom. The maximum Gasteiger partial charge on any atom is 0.416 e. The van der Waals surface area contributed by atoms with Crippen molar-refractivity contribution in [2.45, 2.75) is 32.4 Å². The summed E-state index contributed by atoms with van der Waals surface area (Å²) in [6, 6.07) is 8.97.